The maximum atomic E-state index is 12.6. The largest absolute Gasteiger partial charge is 0.416 e. The molecule has 0 aliphatic heterocycles. The minimum Gasteiger partial charge on any atom is -0.280 e. The average Bonchev–Trinajstić information content (AvgIpc) is 3.15. The van der Waals surface area contributed by atoms with E-state index < -0.39 is 21.8 Å². The summed E-state index contributed by atoms with van der Waals surface area (Å²) in [6, 6.07) is 4.07. The molecule has 0 spiro atoms. The molecule has 1 aliphatic rings. The molecule has 0 unspecified atom stereocenters. The molecule has 1 heterocycles. The smallest absolute Gasteiger partial charge is 0.280 e. The molecule has 3 rings (SSSR count). The Morgan fingerprint density at radius 2 is 1.76 bits per heavy atom. The molecule has 5 nitrogen and oxygen atoms in total. The minimum absolute atomic E-state index is 0.0410. The van der Waals surface area contributed by atoms with Crippen molar-refractivity contribution in [1.29, 1.82) is 0 Å². The van der Waals surface area contributed by atoms with E-state index in [1.165, 1.54) is 6.20 Å². The number of halogens is 3. The van der Waals surface area contributed by atoms with Crippen molar-refractivity contribution in [2.45, 2.75) is 49.7 Å². The monoisotopic (exact) mass is 373 g/mol. The van der Waals surface area contributed by atoms with Gasteiger partial charge in [0.05, 0.1) is 17.3 Å². The first-order chi connectivity index (χ1) is 11.7. The molecule has 1 aliphatic carbocycles. The standard InChI is InChI=1S/C16H18F3N3O2S/c1-11-15(10-22(20-11)14-4-2-3-5-14)25(23,24)21-13-8-6-12(7-9-13)16(17,18)19/h6-10,14,21H,2-5H2,1H3. The van der Waals surface area contributed by atoms with E-state index in [-0.39, 0.29) is 16.6 Å². The number of rotatable bonds is 4. The number of aryl methyl sites for hydroxylation is 1. The van der Waals surface area contributed by atoms with Gasteiger partial charge in [-0.1, -0.05) is 12.8 Å². The molecule has 0 amide bonds. The lowest BCUT2D eigenvalue weighted by Crippen LogP contribution is -2.14. The Kier molecular flexibility index (Phi) is 4.52. The molecule has 0 saturated heterocycles. The highest BCUT2D eigenvalue weighted by atomic mass is 32.2. The van der Waals surface area contributed by atoms with Gasteiger partial charge in [0, 0.05) is 11.9 Å². The van der Waals surface area contributed by atoms with Gasteiger partial charge in [-0.15, -0.1) is 0 Å². The van der Waals surface area contributed by atoms with Crippen molar-refractivity contribution < 1.29 is 21.6 Å². The third kappa shape index (κ3) is 3.81. The summed E-state index contributed by atoms with van der Waals surface area (Å²) in [6.45, 7) is 1.60. The number of aromatic nitrogens is 2. The van der Waals surface area contributed by atoms with Crippen LogP contribution in [-0.4, -0.2) is 18.2 Å². The Morgan fingerprint density at radius 1 is 1.16 bits per heavy atom. The highest BCUT2D eigenvalue weighted by Gasteiger charge is 2.30. The fraction of sp³-hybridized carbons (Fsp3) is 0.438. The molecular formula is C16H18F3N3O2S. The molecule has 1 saturated carbocycles. The zero-order valence-corrected chi connectivity index (χ0v) is 14.4. The molecule has 1 aromatic heterocycles. The summed E-state index contributed by atoms with van der Waals surface area (Å²) in [7, 11) is -3.92. The zero-order chi connectivity index (χ0) is 18.2. The summed E-state index contributed by atoms with van der Waals surface area (Å²) in [4.78, 5) is 0.0410. The van der Waals surface area contributed by atoms with Gasteiger partial charge >= 0.3 is 6.18 Å². The number of nitrogens with one attached hydrogen (secondary N) is 1. The fourth-order valence-electron chi connectivity index (χ4n) is 3.02. The van der Waals surface area contributed by atoms with E-state index in [4.69, 9.17) is 0 Å². The van der Waals surface area contributed by atoms with Crippen molar-refractivity contribution in [1.82, 2.24) is 9.78 Å². The molecule has 0 radical (unpaired) electrons. The summed E-state index contributed by atoms with van der Waals surface area (Å²) in [5, 5.41) is 4.30. The number of nitrogens with zero attached hydrogens (tertiary/aromatic N) is 2. The van der Waals surface area contributed by atoms with Crippen molar-refractivity contribution in [3.63, 3.8) is 0 Å². The van der Waals surface area contributed by atoms with Gasteiger partial charge in [0.1, 0.15) is 4.90 Å². The van der Waals surface area contributed by atoms with Crippen molar-refractivity contribution in [3.8, 4) is 0 Å². The molecule has 9 heteroatoms. The molecule has 25 heavy (non-hydrogen) atoms. The van der Waals surface area contributed by atoms with E-state index in [9.17, 15) is 21.6 Å². The minimum atomic E-state index is -4.46. The topological polar surface area (TPSA) is 64.0 Å². The number of hydrogen-bond acceptors (Lipinski definition) is 3. The van der Waals surface area contributed by atoms with Crippen LogP contribution in [0.25, 0.3) is 0 Å². The van der Waals surface area contributed by atoms with E-state index in [1.807, 2.05) is 0 Å². The van der Waals surface area contributed by atoms with Gasteiger partial charge in [-0.3, -0.25) is 9.40 Å². The summed E-state index contributed by atoms with van der Waals surface area (Å²) >= 11 is 0. The summed E-state index contributed by atoms with van der Waals surface area (Å²) in [5.74, 6) is 0. The molecule has 136 valence electrons. The van der Waals surface area contributed by atoms with Crippen LogP contribution < -0.4 is 4.72 Å². The predicted molar refractivity (Wildman–Crippen MR) is 86.7 cm³/mol. The Bertz CT molecular complexity index is 852. The average molecular weight is 373 g/mol. The molecule has 1 aromatic carbocycles. The fourth-order valence-corrected chi connectivity index (χ4v) is 4.25. The molecule has 2 aromatic rings. The number of anilines is 1. The van der Waals surface area contributed by atoms with Gasteiger partial charge in [0.15, 0.2) is 0 Å². The normalized spacial score (nSPS) is 16.3. The van der Waals surface area contributed by atoms with Gasteiger partial charge in [0.25, 0.3) is 10.0 Å². The second-order valence-corrected chi connectivity index (χ2v) is 7.83. The lowest BCUT2D eigenvalue weighted by atomic mass is 10.2. The van der Waals surface area contributed by atoms with Crippen LogP contribution in [0.3, 0.4) is 0 Å². The van der Waals surface area contributed by atoms with E-state index in [0.717, 1.165) is 49.9 Å². The van der Waals surface area contributed by atoms with Gasteiger partial charge in [0.2, 0.25) is 0 Å². The number of hydrogen-bond donors (Lipinski definition) is 1. The van der Waals surface area contributed by atoms with Crippen LogP contribution in [-0.2, 0) is 16.2 Å². The van der Waals surface area contributed by atoms with E-state index in [2.05, 4.69) is 9.82 Å². The number of benzene rings is 1. The van der Waals surface area contributed by atoms with E-state index in [0.29, 0.717) is 5.69 Å². The Labute approximate surface area is 143 Å². The number of alkyl halides is 3. The quantitative estimate of drug-likeness (QED) is 0.877. The number of sulfonamides is 1. The zero-order valence-electron chi connectivity index (χ0n) is 13.5. The summed E-state index contributed by atoms with van der Waals surface area (Å²) in [5.41, 5.74) is -0.395. The Morgan fingerprint density at radius 3 is 2.32 bits per heavy atom. The van der Waals surface area contributed by atoms with Crippen LogP contribution in [0.1, 0.15) is 43.0 Å². The van der Waals surface area contributed by atoms with Gasteiger partial charge in [-0.25, -0.2) is 8.42 Å². The van der Waals surface area contributed by atoms with Crippen LogP contribution in [0.15, 0.2) is 35.4 Å². The highest BCUT2D eigenvalue weighted by molar-refractivity contribution is 7.92. The SMILES string of the molecule is Cc1nn(C2CCCC2)cc1S(=O)(=O)Nc1ccc(C(F)(F)F)cc1. The van der Waals surface area contributed by atoms with Crippen LogP contribution in [0, 0.1) is 6.92 Å². The van der Waals surface area contributed by atoms with E-state index in [1.54, 1.807) is 11.6 Å². The summed E-state index contributed by atoms with van der Waals surface area (Å²) in [6.07, 6.45) is 1.15. The third-order valence-electron chi connectivity index (χ3n) is 4.32. The molecule has 1 fully saturated rings. The second kappa shape index (κ2) is 6.36. The maximum absolute atomic E-state index is 12.6. The van der Waals surface area contributed by atoms with Crippen LogP contribution in [0.4, 0.5) is 18.9 Å². The summed E-state index contributed by atoms with van der Waals surface area (Å²) < 4.78 is 66.8. The Balaban J connectivity index is 1.82. The first kappa shape index (κ1) is 17.8. The van der Waals surface area contributed by atoms with Crippen molar-refractivity contribution in [2.75, 3.05) is 4.72 Å². The Hall–Kier alpha value is -2.03. The van der Waals surface area contributed by atoms with Gasteiger partial charge in [-0.2, -0.15) is 18.3 Å². The molecule has 0 atom stereocenters. The molecular weight excluding hydrogens is 355 g/mol. The highest BCUT2D eigenvalue weighted by Crippen LogP contribution is 2.32. The molecule has 0 bridgehead atoms. The maximum Gasteiger partial charge on any atom is 0.416 e. The van der Waals surface area contributed by atoms with Crippen LogP contribution >= 0.6 is 0 Å². The predicted octanol–water partition coefficient (Wildman–Crippen LogP) is 4.13. The lowest BCUT2D eigenvalue weighted by Gasteiger charge is -2.10. The first-order valence-corrected chi connectivity index (χ1v) is 9.41. The lowest BCUT2D eigenvalue weighted by molar-refractivity contribution is -0.137. The molecule has 1 N–H and O–H groups in total. The third-order valence-corrected chi connectivity index (χ3v) is 5.81. The van der Waals surface area contributed by atoms with Gasteiger partial charge < -0.3 is 0 Å². The van der Waals surface area contributed by atoms with Crippen molar-refractivity contribution in [3.05, 3.63) is 41.7 Å². The van der Waals surface area contributed by atoms with Crippen LogP contribution in [0.2, 0.25) is 0 Å². The first-order valence-electron chi connectivity index (χ1n) is 7.93. The van der Waals surface area contributed by atoms with Crippen molar-refractivity contribution in [2.24, 2.45) is 0 Å². The van der Waals surface area contributed by atoms with Gasteiger partial charge in [-0.05, 0) is 44.0 Å². The second-order valence-electron chi connectivity index (χ2n) is 6.18. The van der Waals surface area contributed by atoms with Crippen molar-refractivity contribution >= 4 is 15.7 Å². The van der Waals surface area contributed by atoms with Crippen LogP contribution in [0.5, 0.6) is 0 Å². The van der Waals surface area contributed by atoms with E-state index >= 15 is 0 Å².